The van der Waals surface area contributed by atoms with Gasteiger partial charge in [0.2, 0.25) is 0 Å². The topological polar surface area (TPSA) is 79.7 Å². The predicted molar refractivity (Wildman–Crippen MR) is 71.9 cm³/mol. The Hall–Kier alpha value is -1.94. The molecule has 0 aliphatic rings. The van der Waals surface area contributed by atoms with Gasteiger partial charge >= 0.3 is 7.82 Å². The number of fused-ring (bicyclic) bond motifs is 2. The first-order chi connectivity index (χ1) is 9.03. The van der Waals surface area contributed by atoms with Crippen LogP contribution in [0.2, 0.25) is 0 Å². The molecule has 0 fully saturated rings. The molecule has 19 heavy (non-hydrogen) atoms. The minimum atomic E-state index is -4.58. The zero-order chi connectivity index (χ0) is 13.5. The molecule has 5 nitrogen and oxygen atoms in total. The maximum atomic E-state index is 11.0. The molecule has 0 atom stereocenters. The van der Waals surface area contributed by atoms with Crippen molar-refractivity contribution in [2.45, 2.75) is 0 Å². The Morgan fingerprint density at radius 2 is 1.74 bits per heavy atom. The van der Waals surface area contributed by atoms with Crippen LogP contribution in [0.1, 0.15) is 0 Å². The van der Waals surface area contributed by atoms with Crippen LogP contribution in [0.5, 0.6) is 5.75 Å². The first-order valence-electron chi connectivity index (χ1n) is 5.57. The summed E-state index contributed by atoms with van der Waals surface area (Å²) in [5.74, 6) is 0.129. The molecule has 0 amide bonds. The molecule has 0 aliphatic heterocycles. The Morgan fingerprint density at radius 1 is 1.00 bits per heavy atom. The number of pyridine rings is 1. The first kappa shape index (κ1) is 12.1. The van der Waals surface area contributed by atoms with Gasteiger partial charge in [-0.25, -0.2) is 9.55 Å². The Bertz CT molecular complexity index is 812. The molecule has 2 aromatic carbocycles. The third-order valence-corrected chi connectivity index (χ3v) is 3.17. The van der Waals surface area contributed by atoms with E-state index in [1.807, 2.05) is 30.3 Å². The smallest absolute Gasteiger partial charge is 0.404 e. The van der Waals surface area contributed by atoms with E-state index in [2.05, 4.69) is 4.98 Å². The lowest BCUT2D eigenvalue weighted by Gasteiger charge is -2.10. The van der Waals surface area contributed by atoms with E-state index in [-0.39, 0.29) is 5.75 Å². The largest absolute Gasteiger partial charge is 0.524 e. The molecule has 2 N–H and O–H groups in total. The molecule has 3 rings (SSSR count). The summed E-state index contributed by atoms with van der Waals surface area (Å²) in [5.41, 5.74) is 1.45. The molecule has 0 saturated carbocycles. The molecular weight excluding hydrogens is 265 g/mol. The highest BCUT2D eigenvalue weighted by Gasteiger charge is 2.17. The first-order valence-corrected chi connectivity index (χ1v) is 7.10. The third-order valence-electron chi connectivity index (χ3n) is 2.74. The molecule has 1 heterocycles. The number of rotatable bonds is 2. The number of para-hydroxylation sites is 1. The maximum absolute atomic E-state index is 11.0. The van der Waals surface area contributed by atoms with Crippen LogP contribution in [0.3, 0.4) is 0 Å². The number of phosphoric ester groups is 1. The lowest BCUT2D eigenvalue weighted by Crippen LogP contribution is -1.92. The summed E-state index contributed by atoms with van der Waals surface area (Å²) in [7, 11) is -4.58. The van der Waals surface area contributed by atoms with E-state index < -0.39 is 7.82 Å². The van der Waals surface area contributed by atoms with Crippen LogP contribution in [0.4, 0.5) is 0 Å². The third kappa shape index (κ3) is 2.44. The fraction of sp³-hybridized carbons (Fsp3) is 0. The van der Waals surface area contributed by atoms with Crippen LogP contribution in [-0.2, 0) is 4.57 Å². The minimum Gasteiger partial charge on any atom is -0.404 e. The molecule has 0 unspecified atom stereocenters. The monoisotopic (exact) mass is 275 g/mol. The summed E-state index contributed by atoms with van der Waals surface area (Å²) >= 11 is 0. The molecular formula is C13H10NO4P. The molecule has 96 valence electrons. The van der Waals surface area contributed by atoms with Gasteiger partial charge in [-0.2, -0.15) is 0 Å². The van der Waals surface area contributed by atoms with Crippen LogP contribution >= 0.6 is 7.82 Å². The Labute approximate surface area is 108 Å². The molecule has 0 aliphatic carbocycles. The number of phosphoric acid groups is 1. The van der Waals surface area contributed by atoms with Gasteiger partial charge in [-0.1, -0.05) is 24.3 Å². The van der Waals surface area contributed by atoms with Crippen LogP contribution in [0.25, 0.3) is 21.8 Å². The van der Waals surface area contributed by atoms with Crippen molar-refractivity contribution >= 4 is 29.6 Å². The highest BCUT2D eigenvalue weighted by molar-refractivity contribution is 7.46. The number of aromatic nitrogens is 1. The van der Waals surface area contributed by atoms with Gasteiger partial charge in [-0.05, 0) is 24.3 Å². The SMILES string of the molecule is O=P(O)(O)Oc1cccc2nc3ccccc3cc12. The average molecular weight is 275 g/mol. The van der Waals surface area contributed by atoms with E-state index in [1.54, 1.807) is 12.1 Å². The highest BCUT2D eigenvalue weighted by Crippen LogP contribution is 2.40. The average Bonchev–Trinajstić information content (AvgIpc) is 2.35. The van der Waals surface area contributed by atoms with Crippen LogP contribution < -0.4 is 4.52 Å². The highest BCUT2D eigenvalue weighted by atomic mass is 31.2. The maximum Gasteiger partial charge on any atom is 0.524 e. The van der Waals surface area contributed by atoms with E-state index in [9.17, 15) is 4.57 Å². The zero-order valence-corrected chi connectivity index (χ0v) is 10.6. The fourth-order valence-corrected chi connectivity index (χ4v) is 2.39. The van der Waals surface area contributed by atoms with E-state index in [4.69, 9.17) is 14.3 Å². The van der Waals surface area contributed by atoms with Gasteiger partial charge in [0.15, 0.2) is 0 Å². The molecule has 0 radical (unpaired) electrons. The molecule has 0 saturated heterocycles. The molecule has 0 bridgehead atoms. The predicted octanol–water partition coefficient (Wildman–Crippen LogP) is 2.86. The van der Waals surface area contributed by atoms with Gasteiger partial charge in [-0.15, -0.1) is 0 Å². The summed E-state index contributed by atoms with van der Waals surface area (Å²) in [6, 6.07) is 14.3. The second kappa shape index (κ2) is 4.31. The van der Waals surface area contributed by atoms with Crippen LogP contribution in [0, 0.1) is 0 Å². The van der Waals surface area contributed by atoms with Crippen LogP contribution in [0.15, 0.2) is 48.5 Å². The van der Waals surface area contributed by atoms with Gasteiger partial charge in [-0.3, -0.25) is 9.79 Å². The number of benzene rings is 2. The van der Waals surface area contributed by atoms with Gasteiger partial charge in [0.25, 0.3) is 0 Å². The van der Waals surface area contributed by atoms with Crippen LogP contribution in [-0.4, -0.2) is 14.8 Å². The van der Waals surface area contributed by atoms with Crippen molar-refractivity contribution in [1.82, 2.24) is 4.98 Å². The van der Waals surface area contributed by atoms with E-state index in [0.29, 0.717) is 10.9 Å². The van der Waals surface area contributed by atoms with Crippen molar-refractivity contribution in [3.63, 3.8) is 0 Å². The molecule has 3 aromatic rings. The zero-order valence-electron chi connectivity index (χ0n) is 9.72. The molecule has 6 heteroatoms. The van der Waals surface area contributed by atoms with E-state index in [0.717, 1.165) is 10.9 Å². The summed E-state index contributed by atoms with van der Waals surface area (Å²) < 4.78 is 15.7. The van der Waals surface area contributed by atoms with Crippen molar-refractivity contribution in [3.8, 4) is 5.75 Å². The van der Waals surface area contributed by atoms with E-state index >= 15 is 0 Å². The van der Waals surface area contributed by atoms with Crippen molar-refractivity contribution < 1.29 is 18.9 Å². The summed E-state index contributed by atoms with van der Waals surface area (Å²) in [6.07, 6.45) is 0. The lowest BCUT2D eigenvalue weighted by atomic mass is 10.1. The fourth-order valence-electron chi connectivity index (χ4n) is 1.98. The van der Waals surface area contributed by atoms with Gasteiger partial charge < -0.3 is 4.52 Å². The lowest BCUT2D eigenvalue weighted by molar-refractivity contribution is 0.284. The summed E-state index contributed by atoms with van der Waals surface area (Å²) in [4.78, 5) is 22.3. The molecule has 0 spiro atoms. The van der Waals surface area contributed by atoms with Crippen molar-refractivity contribution in [2.24, 2.45) is 0 Å². The van der Waals surface area contributed by atoms with Crippen molar-refractivity contribution in [3.05, 3.63) is 48.5 Å². The Balaban J connectivity index is 2.29. The standard InChI is InChI=1S/C13H10NO4P/c15-19(16,17)18-13-7-3-6-12-10(13)8-9-4-1-2-5-11(9)14-12/h1-8H,(H2,15,16,17). The second-order valence-corrected chi connectivity index (χ2v) is 5.25. The number of hydrogen-bond acceptors (Lipinski definition) is 3. The summed E-state index contributed by atoms with van der Waals surface area (Å²) in [5, 5.41) is 1.46. The van der Waals surface area contributed by atoms with Gasteiger partial charge in [0.05, 0.1) is 11.0 Å². The summed E-state index contributed by atoms with van der Waals surface area (Å²) in [6.45, 7) is 0. The van der Waals surface area contributed by atoms with Crippen molar-refractivity contribution in [2.75, 3.05) is 0 Å². The number of hydrogen-bond donors (Lipinski definition) is 2. The Kier molecular flexibility index (Phi) is 2.75. The second-order valence-electron chi connectivity index (χ2n) is 4.09. The van der Waals surface area contributed by atoms with E-state index in [1.165, 1.54) is 6.07 Å². The number of nitrogens with zero attached hydrogens (tertiary/aromatic N) is 1. The Morgan fingerprint density at radius 3 is 2.53 bits per heavy atom. The van der Waals surface area contributed by atoms with Crippen molar-refractivity contribution in [1.29, 1.82) is 0 Å². The minimum absolute atomic E-state index is 0.129. The normalized spacial score (nSPS) is 11.9. The van der Waals surface area contributed by atoms with Gasteiger partial charge in [0.1, 0.15) is 5.75 Å². The quantitative estimate of drug-likeness (QED) is 0.555. The van der Waals surface area contributed by atoms with Gasteiger partial charge in [0, 0.05) is 10.8 Å². The molecule has 1 aromatic heterocycles.